The number of nitrogens with one attached hydrogen (secondary N) is 3. The number of urea groups is 1. The van der Waals surface area contributed by atoms with Crippen LogP contribution in [0.2, 0.25) is 0 Å². The fraction of sp³-hybridized carbons (Fsp3) is 0.200. The number of carbonyl (C=O) groups excluding carboxylic acids is 2. The second kappa shape index (κ2) is 8.18. The van der Waals surface area contributed by atoms with Gasteiger partial charge >= 0.3 is 6.03 Å². The van der Waals surface area contributed by atoms with Gasteiger partial charge in [-0.3, -0.25) is 4.79 Å². The van der Waals surface area contributed by atoms with Gasteiger partial charge in [0.1, 0.15) is 10.7 Å². The molecule has 7 nitrogen and oxygen atoms in total. The number of anilines is 2. The van der Waals surface area contributed by atoms with E-state index in [0.29, 0.717) is 28.6 Å². The Morgan fingerprint density at radius 1 is 1.07 bits per heavy atom. The molecule has 0 spiro atoms. The summed E-state index contributed by atoms with van der Waals surface area (Å²) in [6.07, 6.45) is 1.60. The van der Waals surface area contributed by atoms with E-state index < -0.39 is 0 Å². The lowest BCUT2D eigenvalue weighted by molar-refractivity contribution is 0.103. The molecule has 0 saturated heterocycles. The monoisotopic (exact) mass is 395 g/mol. The first-order valence-corrected chi connectivity index (χ1v) is 9.52. The zero-order valence-electron chi connectivity index (χ0n) is 15.9. The van der Waals surface area contributed by atoms with Crippen molar-refractivity contribution in [1.82, 2.24) is 15.3 Å². The van der Waals surface area contributed by atoms with Crippen molar-refractivity contribution in [2.24, 2.45) is 0 Å². The van der Waals surface area contributed by atoms with Crippen molar-refractivity contribution in [2.75, 3.05) is 17.2 Å². The van der Waals surface area contributed by atoms with Crippen molar-refractivity contribution in [3.05, 3.63) is 58.9 Å². The summed E-state index contributed by atoms with van der Waals surface area (Å²) in [6.45, 7) is 9.61. The number of carbonyl (C=O) groups is 2. The van der Waals surface area contributed by atoms with Gasteiger partial charge in [-0.2, -0.15) is 0 Å². The summed E-state index contributed by atoms with van der Waals surface area (Å²) in [5.41, 5.74) is 3.02. The van der Waals surface area contributed by atoms with Crippen LogP contribution in [0.15, 0.2) is 36.9 Å². The van der Waals surface area contributed by atoms with Crippen molar-refractivity contribution in [3.8, 4) is 0 Å². The van der Waals surface area contributed by atoms with Crippen LogP contribution in [-0.2, 0) is 0 Å². The van der Waals surface area contributed by atoms with Gasteiger partial charge in [0, 0.05) is 29.0 Å². The van der Waals surface area contributed by atoms with E-state index in [9.17, 15) is 9.59 Å². The molecule has 0 fully saturated rings. The number of thiophene rings is 1. The summed E-state index contributed by atoms with van der Waals surface area (Å²) in [4.78, 5) is 34.7. The molecular weight excluding hydrogens is 374 g/mol. The maximum atomic E-state index is 12.7. The lowest BCUT2D eigenvalue weighted by Crippen LogP contribution is -2.28. The molecule has 3 rings (SSSR count). The quantitative estimate of drug-likeness (QED) is 0.565. The topological polar surface area (TPSA) is 96.0 Å². The highest BCUT2D eigenvalue weighted by atomic mass is 32.1. The molecule has 144 valence electrons. The molecule has 3 aromatic rings. The summed E-state index contributed by atoms with van der Waals surface area (Å²) >= 11 is 1.36. The van der Waals surface area contributed by atoms with Gasteiger partial charge in [-0.1, -0.05) is 6.08 Å². The third-order valence-corrected chi connectivity index (χ3v) is 5.28. The van der Waals surface area contributed by atoms with E-state index in [4.69, 9.17) is 0 Å². The minimum atomic E-state index is -0.315. The number of rotatable bonds is 5. The zero-order valence-corrected chi connectivity index (χ0v) is 16.7. The fourth-order valence-corrected chi connectivity index (χ4v) is 4.03. The Hall–Kier alpha value is -3.26. The van der Waals surface area contributed by atoms with Gasteiger partial charge in [-0.25, -0.2) is 14.8 Å². The van der Waals surface area contributed by atoms with Crippen LogP contribution < -0.4 is 16.0 Å². The van der Waals surface area contributed by atoms with Crippen molar-refractivity contribution in [2.45, 2.75) is 20.8 Å². The molecule has 3 amide bonds. The number of hydrogen-bond donors (Lipinski definition) is 3. The maximum absolute atomic E-state index is 12.7. The third kappa shape index (κ3) is 4.17. The van der Waals surface area contributed by atoms with Crippen LogP contribution in [0.25, 0.3) is 10.2 Å². The summed E-state index contributed by atoms with van der Waals surface area (Å²) < 4.78 is 0. The first-order valence-electron chi connectivity index (χ1n) is 8.70. The molecule has 0 unspecified atom stereocenters. The molecule has 2 aromatic heterocycles. The van der Waals surface area contributed by atoms with Crippen molar-refractivity contribution < 1.29 is 9.59 Å². The average Bonchev–Trinajstić information content (AvgIpc) is 2.98. The molecule has 0 radical (unpaired) electrons. The van der Waals surface area contributed by atoms with Crippen LogP contribution in [0.3, 0.4) is 0 Å². The highest BCUT2D eigenvalue weighted by Crippen LogP contribution is 2.31. The first-order chi connectivity index (χ1) is 13.4. The first kappa shape index (κ1) is 19.5. The van der Waals surface area contributed by atoms with E-state index in [-0.39, 0.29) is 11.9 Å². The Morgan fingerprint density at radius 3 is 2.36 bits per heavy atom. The van der Waals surface area contributed by atoms with Crippen LogP contribution in [0, 0.1) is 20.8 Å². The summed E-state index contributed by atoms with van der Waals surface area (Å²) in [5.74, 6) is 0.500. The van der Waals surface area contributed by atoms with Crippen LogP contribution in [0.1, 0.15) is 26.8 Å². The number of benzene rings is 1. The van der Waals surface area contributed by atoms with E-state index in [1.165, 1.54) is 11.3 Å². The molecule has 0 aliphatic heterocycles. The molecule has 0 aliphatic carbocycles. The number of aryl methyl sites for hydroxylation is 3. The van der Waals surface area contributed by atoms with Crippen LogP contribution >= 0.6 is 11.3 Å². The number of aromatic nitrogens is 2. The standard InChI is InChI=1S/C20H21N5O2S/c1-5-10-21-20(27)25-15-8-6-14(7-9-15)24-18(26)17-11(2)16-12(3)22-13(4)23-19(16)28-17/h5-9H,1,10H2,2-4H3,(H,24,26)(H2,21,25,27). The van der Waals surface area contributed by atoms with Crippen molar-refractivity contribution >= 4 is 44.9 Å². The van der Waals surface area contributed by atoms with Gasteiger partial charge in [-0.05, 0) is 50.6 Å². The SMILES string of the molecule is C=CCNC(=O)Nc1ccc(NC(=O)c2sc3nc(C)nc(C)c3c2C)cc1. The third-order valence-electron chi connectivity index (χ3n) is 4.10. The van der Waals surface area contributed by atoms with E-state index in [1.807, 2.05) is 20.8 Å². The molecule has 0 atom stereocenters. The van der Waals surface area contributed by atoms with E-state index in [2.05, 4.69) is 32.5 Å². The van der Waals surface area contributed by atoms with Gasteiger partial charge in [0.15, 0.2) is 0 Å². The van der Waals surface area contributed by atoms with Gasteiger partial charge < -0.3 is 16.0 Å². The van der Waals surface area contributed by atoms with E-state index in [0.717, 1.165) is 21.5 Å². The Bertz CT molecular complexity index is 1060. The molecule has 1 aromatic carbocycles. The predicted molar refractivity (Wildman–Crippen MR) is 113 cm³/mol. The molecule has 28 heavy (non-hydrogen) atoms. The predicted octanol–water partition coefficient (Wildman–Crippen LogP) is 4.18. The van der Waals surface area contributed by atoms with Gasteiger partial charge in [0.05, 0.1) is 4.88 Å². The lowest BCUT2D eigenvalue weighted by Gasteiger charge is -2.08. The Morgan fingerprint density at radius 2 is 1.71 bits per heavy atom. The highest BCUT2D eigenvalue weighted by molar-refractivity contribution is 7.20. The van der Waals surface area contributed by atoms with Crippen molar-refractivity contribution in [3.63, 3.8) is 0 Å². The second-order valence-corrected chi connectivity index (χ2v) is 7.25. The van der Waals surface area contributed by atoms with Crippen molar-refractivity contribution in [1.29, 1.82) is 0 Å². The molecule has 2 heterocycles. The molecule has 0 bridgehead atoms. The van der Waals surface area contributed by atoms with Crippen LogP contribution in [0.4, 0.5) is 16.2 Å². The number of amides is 3. The largest absolute Gasteiger partial charge is 0.334 e. The second-order valence-electron chi connectivity index (χ2n) is 6.25. The minimum Gasteiger partial charge on any atom is -0.334 e. The molecule has 0 aliphatic rings. The van der Waals surface area contributed by atoms with Crippen LogP contribution in [0.5, 0.6) is 0 Å². The molecule has 8 heteroatoms. The highest BCUT2D eigenvalue weighted by Gasteiger charge is 2.18. The summed E-state index contributed by atoms with van der Waals surface area (Å²) in [5, 5.41) is 9.16. The fourth-order valence-electron chi connectivity index (χ4n) is 2.86. The summed E-state index contributed by atoms with van der Waals surface area (Å²) in [7, 11) is 0. The minimum absolute atomic E-state index is 0.193. The van der Waals surface area contributed by atoms with Gasteiger partial charge in [0.25, 0.3) is 5.91 Å². The van der Waals surface area contributed by atoms with E-state index >= 15 is 0 Å². The number of hydrogen-bond acceptors (Lipinski definition) is 5. The summed E-state index contributed by atoms with van der Waals surface area (Å²) in [6, 6.07) is 6.60. The average molecular weight is 395 g/mol. The lowest BCUT2D eigenvalue weighted by atomic mass is 10.1. The normalized spacial score (nSPS) is 10.5. The smallest absolute Gasteiger partial charge is 0.319 e. The number of fused-ring (bicyclic) bond motifs is 1. The van der Waals surface area contributed by atoms with Crippen LogP contribution in [-0.4, -0.2) is 28.5 Å². The number of nitrogens with zero attached hydrogens (tertiary/aromatic N) is 2. The Kier molecular flexibility index (Phi) is 5.70. The van der Waals surface area contributed by atoms with Gasteiger partial charge in [0.2, 0.25) is 0 Å². The Labute approximate surface area is 166 Å². The maximum Gasteiger partial charge on any atom is 0.319 e. The zero-order chi connectivity index (χ0) is 20.3. The molecule has 0 saturated carbocycles. The molecule has 3 N–H and O–H groups in total. The molecular formula is C20H21N5O2S. The Balaban J connectivity index is 1.74. The van der Waals surface area contributed by atoms with E-state index in [1.54, 1.807) is 30.3 Å². The van der Waals surface area contributed by atoms with Gasteiger partial charge in [-0.15, -0.1) is 17.9 Å².